The molecule has 1 aliphatic carbocycles. The van der Waals surface area contributed by atoms with Gasteiger partial charge in [-0.2, -0.15) is 0 Å². The fourth-order valence-corrected chi connectivity index (χ4v) is 2.88. The number of hydrogen-bond acceptors (Lipinski definition) is 2. The molecule has 108 valence electrons. The smallest absolute Gasteiger partial charge is 0.317 e. The van der Waals surface area contributed by atoms with E-state index < -0.39 is 0 Å². The van der Waals surface area contributed by atoms with Gasteiger partial charge in [-0.05, 0) is 44.9 Å². The van der Waals surface area contributed by atoms with Crippen LogP contribution < -0.4 is 5.32 Å². The molecule has 0 spiro atoms. The predicted molar refractivity (Wildman–Crippen MR) is 76.1 cm³/mol. The second kappa shape index (κ2) is 7.53. The van der Waals surface area contributed by atoms with Crippen LogP contribution in [0, 0.1) is 5.92 Å². The number of nitrogens with one attached hydrogen (secondary N) is 1. The summed E-state index contributed by atoms with van der Waals surface area (Å²) in [5, 5.41) is 3.08. The average Bonchev–Trinajstić information content (AvgIpc) is 2.46. The van der Waals surface area contributed by atoms with E-state index in [-0.39, 0.29) is 12.1 Å². The van der Waals surface area contributed by atoms with Crippen LogP contribution in [0.4, 0.5) is 4.79 Å². The summed E-state index contributed by atoms with van der Waals surface area (Å²) in [6.45, 7) is 5.15. The number of piperidine rings is 1. The molecule has 0 bridgehead atoms. The molecule has 4 nitrogen and oxygen atoms in total. The Bertz CT molecular complexity index is 315. The van der Waals surface area contributed by atoms with E-state index in [1.54, 1.807) is 0 Å². The zero-order valence-corrected chi connectivity index (χ0v) is 11.9. The highest BCUT2D eigenvalue weighted by atomic mass is 16.5. The Morgan fingerprint density at radius 3 is 3.05 bits per heavy atom. The molecule has 2 rings (SSSR count). The Kier molecular flexibility index (Phi) is 5.70. The second-order valence-corrected chi connectivity index (χ2v) is 5.50. The molecule has 1 N–H and O–H groups in total. The minimum atomic E-state index is 0.0824. The highest BCUT2D eigenvalue weighted by molar-refractivity contribution is 5.74. The molecule has 1 aliphatic heterocycles. The normalized spacial score (nSPS) is 27.3. The Morgan fingerprint density at radius 2 is 2.32 bits per heavy atom. The number of ether oxygens (including phenoxy) is 1. The van der Waals surface area contributed by atoms with Gasteiger partial charge in [-0.1, -0.05) is 12.2 Å². The van der Waals surface area contributed by atoms with Crippen LogP contribution >= 0.6 is 0 Å². The largest absolute Gasteiger partial charge is 0.377 e. The fraction of sp³-hybridized carbons (Fsp3) is 0.800. The third-order valence-corrected chi connectivity index (χ3v) is 3.99. The molecule has 0 aromatic carbocycles. The highest BCUT2D eigenvalue weighted by Crippen LogP contribution is 2.17. The lowest BCUT2D eigenvalue weighted by Crippen LogP contribution is -2.48. The van der Waals surface area contributed by atoms with Crippen LogP contribution in [0.1, 0.15) is 39.0 Å². The van der Waals surface area contributed by atoms with E-state index in [1.807, 2.05) is 11.8 Å². The summed E-state index contributed by atoms with van der Waals surface area (Å²) < 4.78 is 5.63. The molecule has 1 fully saturated rings. The molecule has 2 aliphatic rings. The number of carbonyl (C=O) groups is 1. The topological polar surface area (TPSA) is 41.6 Å². The zero-order chi connectivity index (χ0) is 13.5. The standard InChI is InChI=1S/C15H26N2O2/c1-2-19-14-9-6-10-17(12-14)15(18)16-11-13-7-4-3-5-8-13/h3-4,13-14H,2,5-12H2,1H3,(H,16,18). The van der Waals surface area contributed by atoms with Crippen molar-refractivity contribution in [2.24, 2.45) is 5.92 Å². The molecule has 1 heterocycles. The maximum absolute atomic E-state index is 12.1. The second-order valence-electron chi connectivity index (χ2n) is 5.50. The molecule has 2 unspecified atom stereocenters. The number of hydrogen-bond donors (Lipinski definition) is 1. The quantitative estimate of drug-likeness (QED) is 0.795. The van der Waals surface area contributed by atoms with E-state index in [1.165, 1.54) is 6.42 Å². The van der Waals surface area contributed by atoms with Gasteiger partial charge in [0.1, 0.15) is 0 Å². The summed E-state index contributed by atoms with van der Waals surface area (Å²) >= 11 is 0. The van der Waals surface area contributed by atoms with Crippen molar-refractivity contribution in [3.63, 3.8) is 0 Å². The lowest BCUT2D eigenvalue weighted by atomic mass is 9.94. The fourth-order valence-electron chi connectivity index (χ4n) is 2.88. The van der Waals surface area contributed by atoms with Crippen molar-refractivity contribution in [3.05, 3.63) is 12.2 Å². The van der Waals surface area contributed by atoms with Gasteiger partial charge in [0.2, 0.25) is 0 Å². The van der Waals surface area contributed by atoms with Gasteiger partial charge in [0.25, 0.3) is 0 Å². The van der Waals surface area contributed by atoms with E-state index >= 15 is 0 Å². The zero-order valence-electron chi connectivity index (χ0n) is 11.9. The van der Waals surface area contributed by atoms with Crippen LogP contribution in [0.2, 0.25) is 0 Å². The van der Waals surface area contributed by atoms with Gasteiger partial charge in [0, 0.05) is 26.2 Å². The van der Waals surface area contributed by atoms with Crippen molar-refractivity contribution >= 4 is 6.03 Å². The van der Waals surface area contributed by atoms with Crippen LogP contribution in [0.25, 0.3) is 0 Å². The monoisotopic (exact) mass is 266 g/mol. The summed E-state index contributed by atoms with van der Waals surface area (Å²) in [6.07, 6.45) is 10.2. The molecule has 0 radical (unpaired) electrons. The van der Waals surface area contributed by atoms with Crippen LogP contribution in [-0.4, -0.2) is 43.3 Å². The van der Waals surface area contributed by atoms with E-state index in [0.29, 0.717) is 5.92 Å². The number of amides is 2. The van der Waals surface area contributed by atoms with Gasteiger partial charge in [0.05, 0.1) is 6.10 Å². The first-order valence-electron chi connectivity index (χ1n) is 7.59. The van der Waals surface area contributed by atoms with E-state index in [4.69, 9.17) is 4.74 Å². The van der Waals surface area contributed by atoms with Crippen molar-refractivity contribution in [2.75, 3.05) is 26.2 Å². The van der Waals surface area contributed by atoms with Crippen LogP contribution in [0.3, 0.4) is 0 Å². The predicted octanol–water partition coefficient (Wildman–Crippen LogP) is 2.55. The van der Waals surface area contributed by atoms with E-state index in [9.17, 15) is 4.79 Å². The Labute approximate surface area is 116 Å². The van der Waals surface area contributed by atoms with E-state index in [0.717, 1.165) is 51.9 Å². The number of urea groups is 1. The van der Waals surface area contributed by atoms with E-state index in [2.05, 4.69) is 17.5 Å². The van der Waals surface area contributed by atoms with Gasteiger partial charge >= 0.3 is 6.03 Å². The SMILES string of the molecule is CCOC1CCCN(C(=O)NCC2CC=CCC2)C1. The van der Waals surface area contributed by atoms with Gasteiger partial charge in [-0.3, -0.25) is 0 Å². The molecule has 2 atom stereocenters. The van der Waals surface area contributed by atoms with Gasteiger partial charge in [-0.15, -0.1) is 0 Å². The first kappa shape index (κ1) is 14.4. The summed E-state index contributed by atoms with van der Waals surface area (Å²) in [6, 6.07) is 0.0824. The highest BCUT2D eigenvalue weighted by Gasteiger charge is 2.24. The number of carbonyl (C=O) groups excluding carboxylic acids is 1. The lowest BCUT2D eigenvalue weighted by molar-refractivity contribution is 0.0163. The van der Waals surface area contributed by atoms with Crippen molar-refractivity contribution in [1.82, 2.24) is 10.2 Å². The minimum absolute atomic E-state index is 0.0824. The van der Waals surface area contributed by atoms with Gasteiger partial charge < -0.3 is 15.0 Å². The van der Waals surface area contributed by atoms with Gasteiger partial charge in [-0.25, -0.2) is 4.79 Å². The van der Waals surface area contributed by atoms with Crippen molar-refractivity contribution < 1.29 is 9.53 Å². The first-order valence-corrected chi connectivity index (χ1v) is 7.59. The molecule has 0 aromatic rings. The average molecular weight is 266 g/mol. The molecule has 0 saturated carbocycles. The molecule has 2 amide bonds. The molecule has 19 heavy (non-hydrogen) atoms. The summed E-state index contributed by atoms with van der Waals surface area (Å²) in [7, 11) is 0. The van der Waals surface area contributed by atoms with Crippen molar-refractivity contribution in [1.29, 1.82) is 0 Å². The number of likely N-dealkylation sites (tertiary alicyclic amines) is 1. The van der Waals surface area contributed by atoms with Crippen LogP contribution in [0.15, 0.2) is 12.2 Å². The Hall–Kier alpha value is -1.03. The third-order valence-electron chi connectivity index (χ3n) is 3.99. The van der Waals surface area contributed by atoms with Crippen molar-refractivity contribution in [3.8, 4) is 0 Å². The minimum Gasteiger partial charge on any atom is -0.377 e. The maximum atomic E-state index is 12.1. The first-order chi connectivity index (χ1) is 9.29. The maximum Gasteiger partial charge on any atom is 0.317 e. The molecule has 4 heteroatoms. The number of allylic oxidation sites excluding steroid dienone is 2. The molecular formula is C15H26N2O2. The number of nitrogens with zero attached hydrogens (tertiary/aromatic N) is 1. The van der Waals surface area contributed by atoms with Crippen LogP contribution in [-0.2, 0) is 4.74 Å². The Balaban J connectivity index is 1.71. The summed E-state index contributed by atoms with van der Waals surface area (Å²) in [4.78, 5) is 14.0. The molecule has 1 saturated heterocycles. The summed E-state index contributed by atoms with van der Waals surface area (Å²) in [5.41, 5.74) is 0. The molecule has 0 aromatic heterocycles. The third kappa shape index (κ3) is 4.53. The summed E-state index contributed by atoms with van der Waals surface area (Å²) in [5.74, 6) is 0.612. The molecular weight excluding hydrogens is 240 g/mol. The Morgan fingerprint density at radius 1 is 1.42 bits per heavy atom. The van der Waals surface area contributed by atoms with Crippen molar-refractivity contribution in [2.45, 2.75) is 45.1 Å². The van der Waals surface area contributed by atoms with Crippen LogP contribution in [0.5, 0.6) is 0 Å². The van der Waals surface area contributed by atoms with Gasteiger partial charge in [0.15, 0.2) is 0 Å². The lowest BCUT2D eigenvalue weighted by Gasteiger charge is -2.33. The number of rotatable bonds is 4.